The molecule has 3 aromatic rings. The molecule has 1 amide bonds. The number of fused-ring (bicyclic) bond motifs is 1. The molecule has 3 rings (SSSR count). The van der Waals surface area contributed by atoms with E-state index in [0.717, 1.165) is 16.7 Å². The zero-order chi connectivity index (χ0) is 17.3. The van der Waals surface area contributed by atoms with Gasteiger partial charge in [-0.2, -0.15) is 0 Å². The van der Waals surface area contributed by atoms with Crippen LogP contribution in [-0.2, 0) is 11.3 Å². The summed E-state index contributed by atoms with van der Waals surface area (Å²) in [7, 11) is 0. The highest BCUT2D eigenvalue weighted by Gasteiger charge is 2.08. The van der Waals surface area contributed by atoms with Crippen molar-refractivity contribution in [1.29, 1.82) is 0 Å². The fourth-order valence-corrected chi connectivity index (χ4v) is 2.76. The number of hydrogen-bond donors (Lipinski definition) is 1. The molecule has 0 radical (unpaired) electrons. The number of amides is 1. The third-order valence-corrected chi connectivity index (χ3v) is 4.61. The van der Waals surface area contributed by atoms with Crippen molar-refractivity contribution in [2.45, 2.75) is 40.7 Å². The minimum absolute atomic E-state index is 0.0175. The van der Waals surface area contributed by atoms with Gasteiger partial charge < -0.3 is 9.88 Å². The van der Waals surface area contributed by atoms with E-state index in [2.05, 4.69) is 43.2 Å². The number of rotatable bonds is 4. The molecule has 0 bridgehead atoms. The van der Waals surface area contributed by atoms with Gasteiger partial charge in [-0.05, 0) is 74.2 Å². The first-order valence-corrected chi connectivity index (χ1v) is 8.23. The highest BCUT2D eigenvalue weighted by atomic mass is 16.1. The fourth-order valence-electron chi connectivity index (χ4n) is 2.76. The van der Waals surface area contributed by atoms with Gasteiger partial charge in [0, 0.05) is 18.7 Å². The van der Waals surface area contributed by atoms with Crippen LogP contribution in [0.2, 0.25) is 0 Å². The number of aryl methyl sites for hydroxylation is 5. The number of anilines is 1. The van der Waals surface area contributed by atoms with Gasteiger partial charge in [0.1, 0.15) is 0 Å². The molecule has 4 nitrogen and oxygen atoms in total. The van der Waals surface area contributed by atoms with Gasteiger partial charge in [0.15, 0.2) is 0 Å². The van der Waals surface area contributed by atoms with Crippen LogP contribution in [0.1, 0.15) is 28.7 Å². The SMILES string of the molecule is Cc1ccc(NC(=O)CCn2cnc3cc(C)c(C)cc32)cc1C. The maximum absolute atomic E-state index is 12.2. The Morgan fingerprint density at radius 2 is 1.71 bits per heavy atom. The first-order valence-electron chi connectivity index (χ1n) is 8.23. The molecule has 0 aliphatic rings. The number of carbonyl (C=O) groups excluding carboxylic acids is 1. The Balaban J connectivity index is 1.68. The molecule has 0 aliphatic heterocycles. The number of nitrogens with zero attached hydrogens (tertiary/aromatic N) is 2. The molecule has 0 saturated heterocycles. The van der Waals surface area contributed by atoms with Crippen LogP contribution in [0.15, 0.2) is 36.7 Å². The Hall–Kier alpha value is -2.62. The zero-order valence-electron chi connectivity index (χ0n) is 14.7. The summed E-state index contributed by atoms with van der Waals surface area (Å²) < 4.78 is 2.04. The lowest BCUT2D eigenvalue weighted by molar-refractivity contribution is -0.116. The zero-order valence-corrected chi connectivity index (χ0v) is 14.7. The molecule has 0 saturated carbocycles. The number of aromatic nitrogens is 2. The summed E-state index contributed by atoms with van der Waals surface area (Å²) in [5.74, 6) is 0.0175. The quantitative estimate of drug-likeness (QED) is 0.779. The normalized spacial score (nSPS) is 11.0. The van der Waals surface area contributed by atoms with Crippen LogP contribution in [0.4, 0.5) is 5.69 Å². The van der Waals surface area contributed by atoms with Crippen LogP contribution in [-0.4, -0.2) is 15.5 Å². The molecule has 1 heterocycles. The lowest BCUT2D eigenvalue weighted by atomic mass is 10.1. The van der Waals surface area contributed by atoms with E-state index >= 15 is 0 Å². The summed E-state index contributed by atoms with van der Waals surface area (Å²) in [6, 6.07) is 10.2. The fraction of sp³-hybridized carbons (Fsp3) is 0.300. The van der Waals surface area contributed by atoms with Crippen LogP contribution in [0.3, 0.4) is 0 Å². The molecule has 1 aromatic heterocycles. The molecular formula is C20H23N3O. The largest absolute Gasteiger partial charge is 0.330 e. The molecule has 0 unspecified atom stereocenters. The number of imidazole rings is 1. The minimum atomic E-state index is 0.0175. The van der Waals surface area contributed by atoms with Gasteiger partial charge >= 0.3 is 0 Å². The molecule has 0 fully saturated rings. The van der Waals surface area contributed by atoms with Crippen LogP contribution >= 0.6 is 0 Å². The molecule has 1 N–H and O–H groups in total. The van der Waals surface area contributed by atoms with Crippen LogP contribution in [0.25, 0.3) is 11.0 Å². The Morgan fingerprint density at radius 1 is 1.00 bits per heavy atom. The Kier molecular flexibility index (Phi) is 4.38. The van der Waals surface area contributed by atoms with Crippen molar-refractivity contribution in [3.8, 4) is 0 Å². The lowest BCUT2D eigenvalue weighted by Gasteiger charge is -2.09. The Morgan fingerprint density at radius 3 is 2.46 bits per heavy atom. The second kappa shape index (κ2) is 6.48. The molecule has 24 heavy (non-hydrogen) atoms. The molecule has 2 aromatic carbocycles. The summed E-state index contributed by atoms with van der Waals surface area (Å²) in [5.41, 5.74) is 7.79. The summed E-state index contributed by atoms with van der Waals surface area (Å²) in [5, 5.41) is 2.97. The number of carbonyl (C=O) groups is 1. The number of nitrogens with one attached hydrogen (secondary N) is 1. The molecule has 4 heteroatoms. The van der Waals surface area contributed by atoms with Crippen LogP contribution < -0.4 is 5.32 Å². The highest BCUT2D eigenvalue weighted by Crippen LogP contribution is 2.19. The van der Waals surface area contributed by atoms with Crippen molar-refractivity contribution in [3.05, 3.63) is 58.9 Å². The van der Waals surface area contributed by atoms with E-state index in [0.29, 0.717) is 13.0 Å². The standard InChI is InChI=1S/C20H23N3O/c1-13-5-6-17(9-14(13)2)22-20(24)7-8-23-12-21-18-10-15(3)16(4)11-19(18)23/h5-6,9-12H,7-8H2,1-4H3,(H,22,24). The first-order chi connectivity index (χ1) is 11.4. The van der Waals surface area contributed by atoms with E-state index in [1.54, 1.807) is 0 Å². The van der Waals surface area contributed by atoms with Gasteiger partial charge in [-0.1, -0.05) is 6.07 Å². The maximum atomic E-state index is 12.2. The number of benzene rings is 2. The van der Waals surface area contributed by atoms with E-state index in [-0.39, 0.29) is 5.91 Å². The molecule has 0 atom stereocenters. The average molecular weight is 321 g/mol. The Labute approximate surface area is 142 Å². The molecule has 0 aliphatic carbocycles. The monoisotopic (exact) mass is 321 g/mol. The van der Waals surface area contributed by atoms with Crippen LogP contribution in [0.5, 0.6) is 0 Å². The molecule has 0 spiro atoms. The van der Waals surface area contributed by atoms with E-state index in [4.69, 9.17) is 0 Å². The van der Waals surface area contributed by atoms with Gasteiger partial charge in [0.25, 0.3) is 0 Å². The van der Waals surface area contributed by atoms with Crippen molar-refractivity contribution in [2.75, 3.05) is 5.32 Å². The highest BCUT2D eigenvalue weighted by molar-refractivity contribution is 5.91. The summed E-state index contributed by atoms with van der Waals surface area (Å²) in [4.78, 5) is 16.7. The maximum Gasteiger partial charge on any atom is 0.226 e. The summed E-state index contributed by atoms with van der Waals surface area (Å²) in [6.07, 6.45) is 2.23. The molecule has 124 valence electrons. The van der Waals surface area contributed by atoms with Gasteiger partial charge in [-0.15, -0.1) is 0 Å². The van der Waals surface area contributed by atoms with Crippen molar-refractivity contribution >= 4 is 22.6 Å². The van der Waals surface area contributed by atoms with E-state index in [9.17, 15) is 4.79 Å². The summed E-state index contributed by atoms with van der Waals surface area (Å²) >= 11 is 0. The lowest BCUT2D eigenvalue weighted by Crippen LogP contribution is -2.14. The minimum Gasteiger partial charge on any atom is -0.330 e. The Bertz CT molecular complexity index is 909. The van der Waals surface area contributed by atoms with Gasteiger partial charge in [0.2, 0.25) is 5.91 Å². The van der Waals surface area contributed by atoms with E-state index in [1.165, 1.54) is 22.3 Å². The smallest absolute Gasteiger partial charge is 0.226 e. The second-order valence-electron chi connectivity index (χ2n) is 6.46. The van der Waals surface area contributed by atoms with Crippen molar-refractivity contribution in [2.24, 2.45) is 0 Å². The third-order valence-electron chi connectivity index (χ3n) is 4.61. The number of hydrogen-bond acceptors (Lipinski definition) is 2. The van der Waals surface area contributed by atoms with E-state index in [1.807, 2.05) is 36.0 Å². The van der Waals surface area contributed by atoms with Crippen molar-refractivity contribution in [3.63, 3.8) is 0 Å². The third kappa shape index (κ3) is 3.32. The summed E-state index contributed by atoms with van der Waals surface area (Å²) in [6.45, 7) is 8.92. The topological polar surface area (TPSA) is 46.9 Å². The predicted molar refractivity (Wildman–Crippen MR) is 98.4 cm³/mol. The second-order valence-corrected chi connectivity index (χ2v) is 6.46. The molecular weight excluding hydrogens is 298 g/mol. The van der Waals surface area contributed by atoms with Gasteiger partial charge in [-0.3, -0.25) is 4.79 Å². The average Bonchev–Trinajstić information content (AvgIpc) is 2.91. The van der Waals surface area contributed by atoms with Gasteiger partial charge in [-0.25, -0.2) is 4.98 Å². The predicted octanol–water partition coefficient (Wildman–Crippen LogP) is 4.30. The van der Waals surface area contributed by atoms with Crippen molar-refractivity contribution in [1.82, 2.24) is 9.55 Å². The van der Waals surface area contributed by atoms with E-state index < -0.39 is 0 Å². The van der Waals surface area contributed by atoms with Crippen molar-refractivity contribution < 1.29 is 4.79 Å². The van der Waals surface area contributed by atoms with Crippen LogP contribution in [0, 0.1) is 27.7 Å². The van der Waals surface area contributed by atoms with Gasteiger partial charge in [0.05, 0.1) is 17.4 Å². The first kappa shape index (κ1) is 16.2.